The van der Waals surface area contributed by atoms with Gasteiger partial charge in [-0.1, -0.05) is 6.07 Å². The third-order valence-corrected chi connectivity index (χ3v) is 6.60. The molecule has 2 aromatic carbocycles. The number of amidine groups is 1. The van der Waals surface area contributed by atoms with E-state index in [1.54, 1.807) is 23.1 Å². The number of nitrogens with one attached hydrogen (secondary N) is 1. The van der Waals surface area contributed by atoms with Crippen molar-refractivity contribution in [3.63, 3.8) is 0 Å². The van der Waals surface area contributed by atoms with E-state index >= 15 is 0 Å². The third-order valence-electron chi connectivity index (χ3n) is 6.42. The van der Waals surface area contributed by atoms with Crippen LogP contribution >= 0.6 is 11.8 Å². The number of hydrogen-bond acceptors (Lipinski definition) is 6. The molecule has 1 aliphatic carbocycles. The Balaban J connectivity index is 1.41. The van der Waals surface area contributed by atoms with E-state index in [9.17, 15) is 8.78 Å². The van der Waals surface area contributed by atoms with E-state index < -0.39 is 11.6 Å². The van der Waals surface area contributed by atoms with Crippen LogP contribution < -0.4 is 15.3 Å². The molecule has 1 aromatic heterocycles. The monoisotopic (exact) mass is 541 g/mol. The second kappa shape index (κ2) is 12.2. The van der Waals surface area contributed by atoms with Crippen molar-refractivity contribution in [1.82, 2.24) is 19.6 Å². The van der Waals surface area contributed by atoms with Crippen LogP contribution in [0.5, 0.6) is 5.75 Å². The number of hydrogen-bond donors (Lipinski definition) is 2. The number of aromatic nitrogens is 3. The molecule has 0 spiro atoms. The minimum Gasteiger partial charge on any atom is -0.491 e. The summed E-state index contributed by atoms with van der Waals surface area (Å²) in [4.78, 5) is 15.7. The van der Waals surface area contributed by atoms with Gasteiger partial charge in [0.25, 0.3) is 0 Å². The maximum absolute atomic E-state index is 14.4. The molecule has 0 saturated carbocycles. The lowest BCUT2D eigenvalue weighted by molar-refractivity contribution is 0.302. The van der Waals surface area contributed by atoms with Crippen LogP contribution in [0.15, 0.2) is 64.0 Å². The zero-order chi connectivity index (χ0) is 27.2. The van der Waals surface area contributed by atoms with Gasteiger partial charge in [-0.25, -0.2) is 18.4 Å². The molecule has 0 fully saturated rings. The number of anilines is 1. The van der Waals surface area contributed by atoms with E-state index in [0.717, 1.165) is 30.2 Å². The van der Waals surface area contributed by atoms with Gasteiger partial charge in [0.15, 0.2) is 0 Å². The number of aliphatic imine (C=N–C) groups is 2. The predicted octanol–water partition coefficient (Wildman–Crippen LogP) is 5.66. The molecule has 2 atom stereocenters. The van der Waals surface area contributed by atoms with Crippen molar-refractivity contribution in [3.05, 3.63) is 77.0 Å². The number of ether oxygens (including phenoxy) is 1. The first-order valence-electron chi connectivity index (χ1n) is 12.3. The fourth-order valence-corrected chi connectivity index (χ4v) is 4.76. The van der Waals surface area contributed by atoms with E-state index in [1.165, 1.54) is 12.1 Å². The summed E-state index contributed by atoms with van der Waals surface area (Å²) < 4.78 is 35.5. The second-order valence-electron chi connectivity index (χ2n) is 9.15. The smallest absolute Gasteiger partial charge is 0.147 e. The van der Waals surface area contributed by atoms with Gasteiger partial charge >= 0.3 is 0 Å². The van der Waals surface area contributed by atoms with Crippen molar-refractivity contribution in [2.24, 2.45) is 9.98 Å². The minimum atomic E-state index is -0.621. The molecule has 200 valence electrons. The van der Waals surface area contributed by atoms with E-state index in [4.69, 9.17) is 27.2 Å². The SMILES string of the molecule is C=NC1=C(C(=NC(C)CCCOc2cc(N)ccc2-n2cnc(C)n2)NCl)CCC1c1ccc(F)cc1F. The first kappa shape index (κ1) is 27.3. The molecule has 0 bridgehead atoms. The lowest BCUT2D eigenvalue weighted by Gasteiger charge is -2.15. The van der Waals surface area contributed by atoms with Gasteiger partial charge in [0.05, 0.1) is 12.3 Å². The van der Waals surface area contributed by atoms with Crippen LogP contribution in [-0.2, 0) is 0 Å². The Labute approximate surface area is 225 Å². The molecule has 3 N–H and O–H groups in total. The minimum absolute atomic E-state index is 0.0849. The summed E-state index contributed by atoms with van der Waals surface area (Å²) in [5, 5.41) is 4.35. The fourth-order valence-electron chi connectivity index (χ4n) is 4.60. The lowest BCUT2D eigenvalue weighted by atomic mass is 9.96. The van der Waals surface area contributed by atoms with E-state index in [2.05, 4.69) is 26.6 Å². The molecule has 0 amide bonds. The summed E-state index contributed by atoms with van der Waals surface area (Å²) in [6, 6.07) is 8.89. The normalized spacial score (nSPS) is 16.6. The molecule has 38 heavy (non-hydrogen) atoms. The molecule has 0 radical (unpaired) electrons. The quantitative estimate of drug-likeness (QED) is 0.113. The van der Waals surface area contributed by atoms with Gasteiger partial charge in [0, 0.05) is 47.1 Å². The van der Waals surface area contributed by atoms with Gasteiger partial charge in [-0.15, -0.1) is 0 Å². The van der Waals surface area contributed by atoms with E-state index in [0.29, 0.717) is 53.8 Å². The Morgan fingerprint density at radius 3 is 2.82 bits per heavy atom. The predicted molar refractivity (Wildman–Crippen MR) is 146 cm³/mol. The van der Waals surface area contributed by atoms with Crippen molar-refractivity contribution < 1.29 is 13.5 Å². The second-order valence-corrected chi connectivity index (χ2v) is 9.34. The van der Waals surface area contributed by atoms with Crippen molar-refractivity contribution in [3.8, 4) is 11.4 Å². The maximum atomic E-state index is 14.4. The van der Waals surface area contributed by atoms with Crippen LogP contribution in [0.25, 0.3) is 5.69 Å². The average Bonchev–Trinajstić information content (AvgIpc) is 3.51. The van der Waals surface area contributed by atoms with Gasteiger partial charge in [-0.2, -0.15) is 5.10 Å². The molecule has 3 aromatic rings. The Hall–Kier alpha value is -3.79. The molecular weight excluding hydrogens is 512 g/mol. The number of halogens is 3. The van der Waals surface area contributed by atoms with Crippen molar-refractivity contribution in [2.75, 3.05) is 12.3 Å². The highest BCUT2D eigenvalue weighted by Crippen LogP contribution is 2.41. The Kier molecular flexibility index (Phi) is 8.73. The van der Waals surface area contributed by atoms with Crippen molar-refractivity contribution >= 4 is 30.0 Å². The standard InChI is InChI=1S/C27H30ClF2N7O/c1-16(5-4-12-38-25-14-19(31)7-11-24(25)37-15-33-17(2)36-37)34-27(35-28)22-10-9-21(26(22)32-3)20-8-6-18(29)13-23(20)30/h6-8,11,13-16,21H,3-5,9-10,12,31H2,1-2H3,(H,34,35). The van der Waals surface area contributed by atoms with Crippen LogP contribution in [0, 0.1) is 18.6 Å². The van der Waals surface area contributed by atoms with Crippen LogP contribution in [0.1, 0.15) is 49.9 Å². The Morgan fingerprint density at radius 2 is 2.13 bits per heavy atom. The molecule has 1 heterocycles. The largest absolute Gasteiger partial charge is 0.491 e. The third kappa shape index (κ3) is 6.19. The summed E-state index contributed by atoms with van der Waals surface area (Å²) in [6.07, 6.45) is 4.26. The number of nitrogens with zero attached hydrogens (tertiary/aromatic N) is 5. The Morgan fingerprint density at radius 1 is 1.32 bits per heavy atom. The number of allylic oxidation sites excluding steroid dienone is 1. The summed E-state index contributed by atoms with van der Waals surface area (Å²) in [6.45, 7) is 7.91. The van der Waals surface area contributed by atoms with Crippen LogP contribution in [0.4, 0.5) is 14.5 Å². The highest BCUT2D eigenvalue weighted by molar-refractivity contribution is 6.25. The molecule has 0 aliphatic heterocycles. The number of benzene rings is 2. The molecule has 4 rings (SSSR count). The number of nitrogens with two attached hydrogens (primary N) is 1. The summed E-state index contributed by atoms with van der Waals surface area (Å²) in [5.74, 6) is 0.181. The molecule has 0 saturated heterocycles. The molecular formula is C27H30ClF2N7O. The first-order valence-corrected chi connectivity index (χ1v) is 12.7. The van der Waals surface area contributed by atoms with Crippen LogP contribution in [0.3, 0.4) is 0 Å². The van der Waals surface area contributed by atoms with Crippen LogP contribution in [-0.4, -0.2) is 40.0 Å². The number of rotatable bonds is 10. The molecule has 11 heteroatoms. The van der Waals surface area contributed by atoms with Crippen molar-refractivity contribution in [2.45, 2.75) is 51.5 Å². The topological polar surface area (TPSA) is 103 Å². The maximum Gasteiger partial charge on any atom is 0.147 e. The number of aryl methyl sites for hydroxylation is 1. The summed E-state index contributed by atoms with van der Waals surface area (Å²) in [7, 11) is 0. The first-order chi connectivity index (χ1) is 18.3. The van der Waals surface area contributed by atoms with E-state index in [1.807, 2.05) is 19.9 Å². The average molecular weight is 542 g/mol. The number of nitrogen functional groups attached to an aromatic ring is 1. The summed E-state index contributed by atoms with van der Waals surface area (Å²) in [5.41, 5.74) is 9.05. The molecule has 8 nitrogen and oxygen atoms in total. The highest BCUT2D eigenvalue weighted by atomic mass is 35.5. The highest BCUT2D eigenvalue weighted by Gasteiger charge is 2.31. The molecule has 2 unspecified atom stereocenters. The van der Waals surface area contributed by atoms with E-state index in [-0.39, 0.29) is 12.0 Å². The van der Waals surface area contributed by atoms with Gasteiger partial charge < -0.3 is 10.5 Å². The van der Waals surface area contributed by atoms with Crippen molar-refractivity contribution in [1.29, 1.82) is 0 Å². The van der Waals surface area contributed by atoms with Gasteiger partial charge in [-0.05, 0) is 70.0 Å². The van der Waals surface area contributed by atoms with Gasteiger partial charge in [-0.3, -0.25) is 14.8 Å². The summed E-state index contributed by atoms with van der Waals surface area (Å²) >= 11 is 6.04. The Bertz CT molecular complexity index is 1370. The zero-order valence-corrected chi connectivity index (χ0v) is 22.1. The van der Waals surface area contributed by atoms with Gasteiger partial charge in [0.2, 0.25) is 0 Å². The van der Waals surface area contributed by atoms with Crippen LogP contribution in [0.2, 0.25) is 0 Å². The van der Waals surface area contributed by atoms with Gasteiger partial charge in [0.1, 0.15) is 41.1 Å². The fraction of sp³-hybridized carbons (Fsp3) is 0.333. The molecule has 1 aliphatic rings. The zero-order valence-electron chi connectivity index (χ0n) is 21.3. The lowest BCUT2D eigenvalue weighted by Crippen LogP contribution is -2.19.